The van der Waals surface area contributed by atoms with E-state index in [2.05, 4.69) is 46.4 Å². The predicted molar refractivity (Wildman–Crippen MR) is 174 cm³/mol. The average molecular weight is 600 g/mol. The molecule has 0 fully saturated rings. The van der Waals surface area contributed by atoms with Gasteiger partial charge in [-0.3, -0.25) is 9.63 Å². The minimum Gasteiger partial charge on any atom is -0.374 e. The van der Waals surface area contributed by atoms with E-state index in [0.717, 1.165) is 27.8 Å². The summed E-state index contributed by atoms with van der Waals surface area (Å²) in [6, 6.07) is 38.6. The van der Waals surface area contributed by atoms with E-state index in [1.807, 2.05) is 98.2 Å². The summed E-state index contributed by atoms with van der Waals surface area (Å²) in [5.74, 6) is -0.381. The second kappa shape index (κ2) is 12.1. The number of rotatable bonds is 9. The summed E-state index contributed by atoms with van der Waals surface area (Å²) in [6.45, 7) is 4.02. The van der Waals surface area contributed by atoms with Gasteiger partial charge in [0.1, 0.15) is 5.54 Å². The Hall–Kier alpha value is -4.82. The topological polar surface area (TPSA) is 76.4 Å². The Balaban J connectivity index is 1.63. The van der Waals surface area contributed by atoms with E-state index in [9.17, 15) is 9.90 Å². The molecule has 6 rings (SSSR count). The number of thiophene rings is 1. The lowest BCUT2D eigenvalue weighted by molar-refractivity contribution is 0.0541. The Morgan fingerprint density at radius 3 is 1.93 bits per heavy atom. The first kappa shape index (κ1) is 29.3. The van der Waals surface area contributed by atoms with E-state index in [-0.39, 0.29) is 5.91 Å². The fourth-order valence-corrected chi connectivity index (χ4v) is 6.89. The zero-order chi connectivity index (χ0) is 30.7. The Kier molecular flexibility index (Phi) is 8.01. The van der Waals surface area contributed by atoms with Crippen LogP contribution in [0.3, 0.4) is 0 Å². The molecule has 1 unspecified atom stereocenters. The molecule has 1 atom stereocenters. The molecule has 7 heteroatoms. The van der Waals surface area contributed by atoms with Crippen molar-refractivity contribution >= 4 is 17.2 Å². The molecule has 0 bridgehead atoms. The van der Waals surface area contributed by atoms with Crippen molar-refractivity contribution in [3.05, 3.63) is 183 Å². The largest absolute Gasteiger partial charge is 0.374 e. The van der Waals surface area contributed by atoms with Crippen LogP contribution in [-0.4, -0.2) is 27.7 Å². The highest BCUT2D eigenvalue weighted by Crippen LogP contribution is 2.44. The van der Waals surface area contributed by atoms with Gasteiger partial charge in [0.05, 0.1) is 24.0 Å². The number of nitrogens with one attached hydrogen (secondary N) is 1. The van der Waals surface area contributed by atoms with Gasteiger partial charge in [0.25, 0.3) is 5.91 Å². The summed E-state index contributed by atoms with van der Waals surface area (Å²) >= 11 is 1.24. The monoisotopic (exact) mass is 599 g/mol. The highest BCUT2D eigenvalue weighted by Gasteiger charge is 2.43. The van der Waals surface area contributed by atoms with Crippen molar-refractivity contribution in [2.24, 2.45) is 0 Å². The normalized spacial score (nSPS) is 12.9. The van der Waals surface area contributed by atoms with Crippen molar-refractivity contribution < 1.29 is 14.7 Å². The van der Waals surface area contributed by atoms with Crippen LogP contribution in [0, 0.1) is 13.8 Å². The van der Waals surface area contributed by atoms with E-state index < -0.39 is 11.1 Å². The molecule has 2 heterocycles. The maximum absolute atomic E-state index is 12.9. The smallest absolute Gasteiger partial charge is 0.284 e. The number of benzene rings is 4. The van der Waals surface area contributed by atoms with Gasteiger partial charge < -0.3 is 9.67 Å². The Morgan fingerprint density at radius 1 is 0.818 bits per heavy atom. The van der Waals surface area contributed by atoms with Crippen molar-refractivity contribution in [2.45, 2.75) is 25.0 Å². The quantitative estimate of drug-likeness (QED) is 0.139. The van der Waals surface area contributed by atoms with Crippen molar-refractivity contribution in [2.75, 3.05) is 7.11 Å². The highest BCUT2D eigenvalue weighted by atomic mass is 32.1. The van der Waals surface area contributed by atoms with Crippen LogP contribution in [0.5, 0.6) is 0 Å². The van der Waals surface area contributed by atoms with Crippen molar-refractivity contribution in [1.29, 1.82) is 0 Å². The zero-order valence-electron chi connectivity index (χ0n) is 24.8. The molecule has 2 N–H and O–H groups in total. The van der Waals surface area contributed by atoms with Crippen molar-refractivity contribution in [3.63, 3.8) is 0 Å². The molecular weight excluding hydrogens is 566 g/mol. The van der Waals surface area contributed by atoms with E-state index in [0.29, 0.717) is 21.7 Å². The molecule has 0 aliphatic rings. The molecule has 0 spiro atoms. The summed E-state index contributed by atoms with van der Waals surface area (Å²) in [7, 11) is 1.39. The molecule has 4 aromatic carbocycles. The van der Waals surface area contributed by atoms with Crippen LogP contribution in [0.2, 0.25) is 0 Å². The molecule has 220 valence electrons. The second-order valence-corrected chi connectivity index (χ2v) is 11.7. The summed E-state index contributed by atoms with van der Waals surface area (Å²) in [5, 5.41) is 14.7. The van der Waals surface area contributed by atoms with Crippen LogP contribution in [0.25, 0.3) is 0 Å². The standard InChI is InChI=1S/C37H33N3O3S/c1-26-14-13-21-32(27(26)2)37(42,31-22-33(44-24-31)35(41)39-43-3)34-23-40(25-38-34)36(28-15-7-4-8-16-28,29-17-9-5-10-18-29)30-19-11-6-12-20-30/h4-25,42H,1-3H3,(H,39,41). The number of nitrogens with zero attached hydrogens (tertiary/aromatic N) is 2. The maximum Gasteiger partial charge on any atom is 0.284 e. The van der Waals surface area contributed by atoms with Crippen molar-refractivity contribution in [3.8, 4) is 0 Å². The lowest BCUT2D eigenvalue weighted by Gasteiger charge is -2.37. The van der Waals surface area contributed by atoms with Gasteiger partial charge in [-0.1, -0.05) is 109 Å². The van der Waals surface area contributed by atoms with Crippen molar-refractivity contribution in [1.82, 2.24) is 15.0 Å². The third-order valence-corrected chi connectivity index (χ3v) is 9.27. The van der Waals surface area contributed by atoms with Crippen LogP contribution >= 0.6 is 11.3 Å². The first-order valence-electron chi connectivity index (χ1n) is 14.3. The molecule has 44 heavy (non-hydrogen) atoms. The number of aromatic nitrogens is 2. The number of carbonyl (C=O) groups is 1. The number of hydrogen-bond acceptors (Lipinski definition) is 5. The summed E-state index contributed by atoms with van der Waals surface area (Å²) in [6.07, 6.45) is 3.73. The lowest BCUT2D eigenvalue weighted by atomic mass is 9.76. The second-order valence-electron chi connectivity index (χ2n) is 10.8. The van der Waals surface area contributed by atoms with Crippen LogP contribution in [0.15, 0.2) is 133 Å². The first-order chi connectivity index (χ1) is 21.4. The predicted octanol–water partition coefficient (Wildman–Crippen LogP) is 6.98. The summed E-state index contributed by atoms with van der Waals surface area (Å²) < 4.78 is 2.09. The number of amides is 1. The Labute approximate surface area is 261 Å². The van der Waals surface area contributed by atoms with Gasteiger partial charge >= 0.3 is 0 Å². The van der Waals surface area contributed by atoms with Gasteiger partial charge in [-0.25, -0.2) is 10.5 Å². The fourth-order valence-electron chi connectivity index (χ4n) is 6.05. The third-order valence-electron chi connectivity index (χ3n) is 8.35. The molecular formula is C37H33N3O3S. The molecule has 0 saturated carbocycles. The number of hydroxylamine groups is 1. The number of imidazole rings is 1. The van der Waals surface area contributed by atoms with Gasteiger partial charge in [0, 0.05) is 11.8 Å². The van der Waals surface area contributed by atoms with Crippen LogP contribution in [0.4, 0.5) is 0 Å². The fraction of sp³-hybridized carbons (Fsp3) is 0.135. The minimum atomic E-state index is -1.65. The zero-order valence-corrected chi connectivity index (χ0v) is 25.6. The molecule has 0 aliphatic heterocycles. The summed E-state index contributed by atoms with van der Waals surface area (Å²) in [5.41, 5.74) is 6.74. The molecule has 0 aliphatic carbocycles. The SMILES string of the molecule is CONC(=O)c1cc(C(O)(c2cn(C(c3ccccc3)(c3ccccc3)c3ccccc3)cn2)c2cccc(C)c2C)cs1. The van der Waals surface area contributed by atoms with Gasteiger partial charge in [-0.15, -0.1) is 11.3 Å². The maximum atomic E-state index is 12.9. The van der Waals surface area contributed by atoms with Gasteiger partial charge in [-0.05, 0) is 58.7 Å². The van der Waals surface area contributed by atoms with E-state index >= 15 is 0 Å². The molecule has 2 aromatic heterocycles. The van der Waals surface area contributed by atoms with Crippen LogP contribution in [-0.2, 0) is 16.0 Å². The lowest BCUT2D eigenvalue weighted by Crippen LogP contribution is -2.37. The average Bonchev–Trinajstić information content (AvgIpc) is 3.77. The summed E-state index contributed by atoms with van der Waals surface area (Å²) in [4.78, 5) is 22.9. The number of aliphatic hydroxyl groups is 1. The number of aryl methyl sites for hydroxylation is 1. The van der Waals surface area contributed by atoms with Gasteiger partial charge in [0.2, 0.25) is 0 Å². The Morgan fingerprint density at radius 2 is 1.39 bits per heavy atom. The molecule has 0 saturated heterocycles. The number of carbonyl (C=O) groups excluding carboxylic acids is 1. The van der Waals surface area contributed by atoms with E-state index in [1.165, 1.54) is 18.4 Å². The Bertz CT molecular complexity index is 1790. The number of hydrogen-bond donors (Lipinski definition) is 2. The minimum absolute atomic E-state index is 0.381. The van der Waals surface area contributed by atoms with Gasteiger partial charge in [0.15, 0.2) is 5.60 Å². The molecule has 1 amide bonds. The van der Waals surface area contributed by atoms with E-state index in [1.54, 1.807) is 12.4 Å². The van der Waals surface area contributed by atoms with Crippen LogP contribution < -0.4 is 5.48 Å². The molecule has 6 nitrogen and oxygen atoms in total. The third kappa shape index (κ3) is 4.85. The molecule has 0 radical (unpaired) electrons. The first-order valence-corrected chi connectivity index (χ1v) is 15.2. The highest BCUT2D eigenvalue weighted by molar-refractivity contribution is 7.12. The molecule has 6 aromatic rings. The van der Waals surface area contributed by atoms with Crippen LogP contribution in [0.1, 0.15) is 54.3 Å². The van der Waals surface area contributed by atoms with E-state index in [4.69, 9.17) is 9.82 Å². The van der Waals surface area contributed by atoms with Gasteiger partial charge in [-0.2, -0.15) is 0 Å².